The second kappa shape index (κ2) is 8.80. The molecule has 2 aromatic carbocycles. The fraction of sp³-hybridized carbons (Fsp3) is 0.357. The first-order chi connectivity index (χ1) is 16.8. The van der Waals surface area contributed by atoms with Gasteiger partial charge in [0.2, 0.25) is 17.7 Å². The van der Waals surface area contributed by atoms with Gasteiger partial charge in [-0.1, -0.05) is 37.3 Å². The smallest absolute Gasteiger partial charge is 0.316 e. The number of benzene rings is 2. The van der Waals surface area contributed by atoms with Gasteiger partial charge in [0.05, 0.1) is 23.4 Å². The van der Waals surface area contributed by atoms with E-state index in [1.54, 1.807) is 29.2 Å². The van der Waals surface area contributed by atoms with E-state index in [1.165, 1.54) is 4.90 Å². The Labute approximate surface area is 204 Å². The van der Waals surface area contributed by atoms with Crippen molar-refractivity contribution in [2.75, 3.05) is 16.3 Å². The summed E-state index contributed by atoms with van der Waals surface area (Å²) in [4.78, 5) is 54.3. The standard InChI is InChI=1S/C28H28N2O5/c1-16-6-5-9-22-24(16)27(33)30(26(22)32)20-10-12-21(13-11-20)35-28(34)19-14-23(31)29(15-19)25-17(2)7-4-8-18(25)3/h4-8,10-13,16,19,22,24H,9,14-15H2,1-3H3/t16-,19+,22+,24+/m0/s1. The molecule has 0 N–H and O–H groups in total. The van der Waals surface area contributed by atoms with Crippen LogP contribution in [0.25, 0.3) is 0 Å². The highest BCUT2D eigenvalue weighted by molar-refractivity contribution is 6.22. The van der Waals surface area contributed by atoms with Gasteiger partial charge in [0.25, 0.3) is 0 Å². The lowest BCUT2D eigenvalue weighted by Crippen LogP contribution is -2.31. The predicted molar refractivity (Wildman–Crippen MR) is 131 cm³/mol. The third kappa shape index (κ3) is 3.95. The average Bonchev–Trinajstić information content (AvgIpc) is 3.32. The number of imide groups is 1. The van der Waals surface area contributed by atoms with Crippen molar-refractivity contribution in [3.8, 4) is 5.75 Å². The Bertz CT molecular complexity index is 1230. The number of para-hydroxylation sites is 1. The third-order valence-corrected chi connectivity index (χ3v) is 7.35. The molecule has 0 aromatic heterocycles. The van der Waals surface area contributed by atoms with Crippen molar-refractivity contribution < 1.29 is 23.9 Å². The molecule has 2 fully saturated rings. The average molecular weight is 473 g/mol. The Morgan fingerprint density at radius 2 is 1.66 bits per heavy atom. The second-order valence-corrected chi connectivity index (χ2v) is 9.73. The maximum atomic E-state index is 13.0. The number of hydrogen-bond donors (Lipinski definition) is 0. The highest BCUT2D eigenvalue weighted by Gasteiger charge is 2.50. The first-order valence-electron chi connectivity index (χ1n) is 12.0. The van der Waals surface area contributed by atoms with Gasteiger partial charge in [-0.25, -0.2) is 0 Å². The van der Waals surface area contributed by atoms with Crippen LogP contribution in [0.2, 0.25) is 0 Å². The lowest BCUT2D eigenvalue weighted by Gasteiger charge is -2.22. The minimum atomic E-state index is -0.569. The molecule has 7 nitrogen and oxygen atoms in total. The number of esters is 1. The van der Waals surface area contributed by atoms with Gasteiger partial charge in [0.1, 0.15) is 5.75 Å². The lowest BCUT2D eigenvalue weighted by molar-refractivity contribution is -0.139. The maximum Gasteiger partial charge on any atom is 0.316 e. The fourth-order valence-electron chi connectivity index (χ4n) is 5.58. The topological polar surface area (TPSA) is 84.0 Å². The molecule has 35 heavy (non-hydrogen) atoms. The van der Waals surface area contributed by atoms with Gasteiger partial charge in [-0.3, -0.25) is 24.1 Å². The molecule has 2 aromatic rings. The zero-order valence-corrected chi connectivity index (χ0v) is 20.1. The molecule has 1 aliphatic carbocycles. The van der Waals surface area contributed by atoms with Crippen molar-refractivity contribution in [1.82, 2.24) is 0 Å². The number of ether oxygens (including phenoxy) is 1. The highest BCUT2D eigenvalue weighted by atomic mass is 16.5. The number of rotatable bonds is 4. The van der Waals surface area contributed by atoms with Gasteiger partial charge in [-0.05, 0) is 61.6 Å². The largest absolute Gasteiger partial charge is 0.426 e. The molecule has 4 atom stereocenters. The van der Waals surface area contributed by atoms with E-state index in [9.17, 15) is 19.2 Å². The Morgan fingerprint density at radius 3 is 2.31 bits per heavy atom. The molecule has 2 aliphatic heterocycles. The van der Waals surface area contributed by atoms with Crippen molar-refractivity contribution in [3.63, 3.8) is 0 Å². The Kier molecular flexibility index (Phi) is 5.79. The number of allylic oxidation sites excluding steroid dienone is 2. The van der Waals surface area contributed by atoms with E-state index in [-0.39, 0.29) is 48.4 Å². The quantitative estimate of drug-likeness (QED) is 0.291. The van der Waals surface area contributed by atoms with Gasteiger partial charge in [-0.15, -0.1) is 0 Å². The molecule has 3 aliphatic rings. The highest BCUT2D eigenvalue weighted by Crippen LogP contribution is 2.40. The van der Waals surface area contributed by atoms with Gasteiger partial charge in [0.15, 0.2) is 0 Å². The summed E-state index contributed by atoms with van der Waals surface area (Å²) >= 11 is 0. The molecule has 3 amide bonds. The molecule has 0 spiro atoms. The molecule has 180 valence electrons. The summed E-state index contributed by atoms with van der Waals surface area (Å²) in [6.45, 7) is 6.13. The zero-order chi connectivity index (χ0) is 24.9. The summed E-state index contributed by atoms with van der Waals surface area (Å²) in [6, 6.07) is 12.2. The van der Waals surface area contributed by atoms with Crippen molar-refractivity contribution >= 4 is 35.1 Å². The summed E-state index contributed by atoms with van der Waals surface area (Å²) in [5, 5.41) is 0. The van der Waals surface area contributed by atoms with Gasteiger partial charge in [0, 0.05) is 18.7 Å². The van der Waals surface area contributed by atoms with Gasteiger partial charge in [-0.2, -0.15) is 0 Å². The van der Waals surface area contributed by atoms with Crippen molar-refractivity contribution in [2.24, 2.45) is 23.7 Å². The first-order valence-corrected chi connectivity index (χ1v) is 12.0. The lowest BCUT2D eigenvalue weighted by atomic mass is 9.78. The van der Waals surface area contributed by atoms with E-state index in [2.05, 4.69) is 0 Å². The van der Waals surface area contributed by atoms with Crippen LogP contribution in [0.4, 0.5) is 11.4 Å². The van der Waals surface area contributed by atoms with E-state index in [0.29, 0.717) is 17.9 Å². The van der Waals surface area contributed by atoms with Crippen LogP contribution in [0, 0.1) is 37.5 Å². The summed E-state index contributed by atoms with van der Waals surface area (Å²) in [5.41, 5.74) is 3.29. The molecule has 0 unspecified atom stereocenters. The Morgan fingerprint density at radius 1 is 0.971 bits per heavy atom. The Balaban J connectivity index is 1.27. The van der Waals surface area contributed by atoms with E-state index in [4.69, 9.17) is 4.74 Å². The number of fused-ring (bicyclic) bond motifs is 1. The van der Waals surface area contributed by atoms with Gasteiger partial charge < -0.3 is 9.64 Å². The summed E-state index contributed by atoms with van der Waals surface area (Å²) in [7, 11) is 0. The molecule has 7 heteroatoms. The van der Waals surface area contributed by atoms with Crippen LogP contribution < -0.4 is 14.5 Å². The van der Waals surface area contributed by atoms with E-state index < -0.39 is 11.9 Å². The van der Waals surface area contributed by atoms with Crippen LogP contribution in [0.15, 0.2) is 54.6 Å². The van der Waals surface area contributed by atoms with Crippen molar-refractivity contribution in [3.05, 3.63) is 65.7 Å². The number of nitrogens with zero attached hydrogens (tertiary/aromatic N) is 2. The second-order valence-electron chi connectivity index (χ2n) is 9.73. The Hall–Kier alpha value is -3.74. The van der Waals surface area contributed by atoms with Crippen molar-refractivity contribution in [1.29, 1.82) is 0 Å². The number of aryl methyl sites for hydroxylation is 2. The number of amides is 3. The maximum absolute atomic E-state index is 13.0. The monoisotopic (exact) mass is 472 g/mol. The van der Waals surface area contributed by atoms with Crippen LogP contribution >= 0.6 is 0 Å². The molecule has 0 radical (unpaired) electrons. The first kappa shape index (κ1) is 23.0. The summed E-state index contributed by atoms with van der Waals surface area (Å²) in [5.74, 6) is -1.83. The zero-order valence-electron chi connectivity index (χ0n) is 20.1. The number of carbonyl (C=O) groups excluding carboxylic acids is 4. The van der Waals surface area contributed by atoms with E-state index >= 15 is 0 Å². The molecule has 0 saturated carbocycles. The molecular formula is C28H28N2O5. The van der Waals surface area contributed by atoms with E-state index in [1.807, 2.05) is 51.1 Å². The van der Waals surface area contributed by atoms with Crippen LogP contribution in [0.3, 0.4) is 0 Å². The van der Waals surface area contributed by atoms with Crippen LogP contribution in [0.5, 0.6) is 5.75 Å². The predicted octanol–water partition coefficient (Wildman–Crippen LogP) is 3.96. The minimum Gasteiger partial charge on any atom is -0.426 e. The van der Waals surface area contributed by atoms with Crippen LogP contribution in [0.1, 0.15) is 30.9 Å². The van der Waals surface area contributed by atoms with E-state index in [0.717, 1.165) is 16.8 Å². The molecule has 0 bridgehead atoms. The SMILES string of the molecule is Cc1cccc(C)c1N1C[C@H](C(=O)Oc2ccc(N3C(=O)[C@@H]4[C@@H](C)C=CC[C@H]4C3=O)cc2)CC1=O. The normalized spacial score (nSPS) is 25.9. The minimum absolute atomic E-state index is 0.0209. The third-order valence-electron chi connectivity index (χ3n) is 7.35. The summed E-state index contributed by atoms with van der Waals surface area (Å²) < 4.78 is 5.56. The number of anilines is 2. The number of carbonyl (C=O) groups is 4. The molecule has 2 heterocycles. The van der Waals surface area contributed by atoms with Gasteiger partial charge >= 0.3 is 5.97 Å². The fourth-order valence-corrected chi connectivity index (χ4v) is 5.58. The molecule has 2 saturated heterocycles. The van der Waals surface area contributed by atoms with Crippen LogP contribution in [-0.2, 0) is 19.2 Å². The van der Waals surface area contributed by atoms with Crippen LogP contribution in [-0.4, -0.2) is 30.2 Å². The van der Waals surface area contributed by atoms with Crippen molar-refractivity contribution in [2.45, 2.75) is 33.6 Å². The summed E-state index contributed by atoms with van der Waals surface area (Å²) in [6.07, 6.45) is 4.63. The number of hydrogen-bond acceptors (Lipinski definition) is 5. The molecular weight excluding hydrogens is 444 g/mol. The molecule has 5 rings (SSSR count).